The summed E-state index contributed by atoms with van der Waals surface area (Å²) >= 11 is 0. The molecule has 2 amide bonds. The van der Waals surface area contributed by atoms with Crippen molar-refractivity contribution in [2.45, 2.75) is 51.6 Å². The van der Waals surface area contributed by atoms with Gasteiger partial charge in [0.05, 0.1) is 4.90 Å². The largest absolute Gasteiger partial charge is 0.480 e. The molecule has 3 aromatic carbocycles. The number of rotatable bonds is 11. The van der Waals surface area contributed by atoms with E-state index < -0.39 is 39.9 Å². The predicted octanol–water partition coefficient (Wildman–Crippen LogP) is 3.82. The highest BCUT2D eigenvalue weighted by atomic mass is 32.2. The molecule has 12 heteroatoms. The van der Waals surface area contributed by atoms with Crippen LogP contribution in [0.25, 0.3) is 11.1 Å². The zero-order valence-electron chi connectivity index (χ0n) is 25.5. The van der Waals surface area contributed by atoms with E-state index in [1.54, 1.807) is 75.4 Å². The van der Waals surface area contributed by atoms with Crippen LogP contribution in [0.4, 0.5) is 5.69 Å². The molecule has 0 aliphatic rings. The summed E-state index contributed by atoms with van der Waals surface area (Å²) < 4.78 is 28.9. The van der Waals surface area contributed by atoms with Gasteiger partial charge in [-0.15, -0.1) is 0 Å². The van der Waals surface area contributed by atoms with Crippen molar-refractivity contribution in [2.75, 3.05) is 18.0 Å². The number of amides is 2. The van der Waals surface area contributed by atoms with E-state index in [9.17, 15) is 27.9 Å². The lowest BCUT2D eigenvalue weighted by Crippen LogP contribution is -2.48. The van der Waals surface area contributed by atoms with E-state index in [4.69, 9.17) is 11.1 Å². The Morgan fingerprint density at radius 2 is 1.59 bits per heavy atom. The molecule has 3 aromatic rings. The van der Waals surface area contributed by atoms with Crippen LogP contribution in [0.5, 0.6) is 0 Å². The third-order valence-corrected chi connectivity index (χ3v) is 8.13. The van der Waals surface area contributed by atoms with Crippen LogP contribution in [-0.4, -0.2) is 60.7 Å². The summed E-state index contributed by atoms with van der Waals surface area (Å²) in [6.45, 7) is 8.51. The molecule has 0 saturated heterocycles. The first-order chi connectivity index (χ1) is 20.5. The van der Waals surface area contributed by atoms with Gasteiger partial charge in [0.15, 0.2) is 0 Å². The minimum atomic E-state index is -3.88. The van der Waals surface area contributed by atoms with E-state index in [0.717, 1.165) is 4.90 Å². The summed E-state index contributed by atoms with van der Waals surface area (Å²) in [6, 6.07) is 19.4. The van der Waals surface area contributed by atoms with Crippen LogP contribution in [0.3, 0.4) is 0 Å². The molecular weight excluding hydrogens is 582 g/mol. The number of nitrogens with zero attached hydrogens (tertiary/aromatic N) is 2. The molecule has 5 N–H and O–H groups in total. The number of nitrogen functional groups attached to an aromatic ring is 1. The number of hydrogen-bond acceptors (Lipinski definition) is 6. The lowest BCUT2D eigenvalue weighted by atomic mass is 10.0. The average molecular weight is 622 g/mol. The first-order valence-corrected chi connectivity index (χ1v) is 15.5. The molecule has 0 bridgehead atoms. The third kappa shape index (κ3) is 8.98. The first-order valence-electron chi connectivity index (χ1n) is 14.0. The smallest absolute Gasteiger partial charge is 0.323 e. The second-order valence-electron chi connectivity index (χ2n) is 11.9. The van der Waals surface area contributed by atoms with Gasteiger partial charge in [-0.25, -0.2) is 13.1 Å². The van der Waals surface area contributed by atoms with Gasteiger partial charge >= 0.3 is 17.8 Å². The van der Waals surface area contributed by atoms with E-state index in [0.29, 0.717) is 22.3 Å². The minimum Gasteiger partial charge on any atom is -0.480 e. The Morgan fingerprint density at radius 1 is 0.955 bits per heavy atom. The average Bonchev–Trinajstić information content (AvgIpc) is 2.93. The van der Waals surface area contributed by atoms with Gasteiger partial charge in [0.1, 0.15) is 12.4 Å². The predicted molar refractivity (Wildman–Crippen MR) is 170 cm³/mol. The Morgan fingerprint density at radius 3 is 2.16 bits per heavy atom. The number of nitrogens with one attached hydrogen (secondary N) is 2. The summed E-state index contributed by atoms with van der Waals surface area (Å²) in [4.78, 5) is 41.2. The molecule has 234 valence electrons. The van der Waals surface area contributed by atoms with Crippen molar-refractivity contribution in [3.05, 3.63) is 83.9 Å². The number of anilines is 1. The summed E-state index contributed by atoms with van der Waals surface area (Å²) in [5.41, 5.74) is 7.12. The molecule has 0 heterocycles. The fraction of sp³-hybridized carbons (Fsp3) is 0.312. The van der Waals surface area contributed by atoms with Crippen LogP contribution in [0.1, 0.15) is 45.7 Å². The zero-order chi connectivity index (χ0) is 32.8. The third-order valence-electron chi connectivity index (χ3n) is 6.31. The molecule has 0 aromatic heterocycles. The van der Waals surface area contributed by atoms with E-state index in [2.05, 4.69) is 4.72 Å². The van der Waals surface area contributed by atoms with E-state index in [-0.39, 0.29) is 35.4 Å². The highest BCUT2D eigenvalue weighted by Crippen LogP contribution is 2.30. The fourth-order valence-electron chi connectivity index (χ4n) is 4.60. The number of carboxylic acid groups (broad SMARTS) is 1. The number of carboxylic acids is 1. The summed E-state index contributed by atoms with van der Waals surface area (Å²) in [7, 11) is -3.88. The Balaban J connectivity index is 1.95. The van der Waals surface area contributed by atoms with Gasteiger partial charge in [-0.3, -0.25) is 24.7 Å². The van der Waals surface area contributed by atoms with Crippen LogP contribution < -0.4 is 15.4 Å². The first kappa shape index (κ1) is 33.9. The molecule has 3 rings (SSSR count). The van der Waals surface area contributed by atoms with Gasteiger partial charge in [0, 0.05) is 35.4 Å². The minimum absolute atomic E-state index is 0.000864. The van der Waals surface area contributed by atoms with Gasteiger partial charge in [0.2, 0.25) is 10.0 Å². The second kappa shape index (κ2) is 13.8. The van der Waals surface area contributed by atoms with Crippen LogP contribution in [-0.2, 0) is 31.0 Å². The number of sulfonamides is 1. The summed E-state index contributed by atoms with van der Waals surface area (Å²) in [5.74, 6) is -3.36. The number of carbonyl (C=O) groups excluding carboxylic acids is 2. The molecular formula is C32H39N5O6S. The van der Waals surface area contributed by atoms with Crippen LogP contribution in [0.15, 0.2) is 77.7 Å². The molecule has 11 nitrogen and oxygen atoms in total. The summed E-state index contributed by atoms with van der Waals surface area (Å²) in [6.07, 6.45) is 0. The molecule has 0 unspecified atom stereocenters. The molecule has 0 aliphatic heterocycles. The molecule has 0 atom stereocenters. The Bertz CT molecular complexity index is 1650. The summed E-state index contributed by atoms with van der Waals surface area (Å²) in [5, 5.41) is 17.3. The van der Waals surface area contributed by atoms with Crippen LogP contribution >= 0.6 is 0 Å². The molecule has 0 fully saturated rings. The lowest BCUT2D eigenvalue weighted by molar-refractivity contribution is -0.146. The lowest BCUT2D eigenvalue weighted by Gasteiger charge is -2.28. The molecule has 44 heavy (non-hydrogen) atoms. The number of hydrogen-bond donors (Lipinski definition) is 4. The van der Waals surface area contributed by atoms with Crippen molar-refractivity contribution in [3.8, 4) is 11.1 Å². The highest BCUT2D eigenvalue weighted by molar-refractivity contribution is 7.89. The van der Waals surface area contributed by atoms with Crippen molar-refractivity contribution >= 4 is 39.3 Å². The Kier molecular flexibility index (Phi) is 10.7. The van der Waals surface area contributed by atoms with Gasteiger partial charge in [-0.1, -0.05) is 62.4 Å². The van der Waals surface area contributed by atoms with Crippen molar-refractivity contribution in [2.24, 2.45) is 11.7 Å². The van der Waals surface area contributed by atoms with Crippen LogP contribution in [0, 0.1) is 11.3 Å². The standard InChI is InChI=1S/C32H39N5O6S/c1-21(2)18-36(19-22-9-8-10-24(17-22)29(33)34)30(40)31(41)37(20-28(38)39)25-15-13-23(14-16-25)26-11-6-7-12-27(26)44(42,43)35-32(3,4)5/h6-17,21,35H,18-20H2,1-5H3,(H3,33,34)(H,38,39). The quantitative estimate of drug-likeness (QED) is 0.143. The number of nitrogens with two attached hydrogens (primary N) is 1. The molecule has 0 spiro atoms. The van der Waals surface area contributed by atoms with Gasteiger partial charge in [-0.2, -0.15) is 0 Å². The highest BCUT2D eigenvalue weighted by Gasteiger charge is 2.31. The monoisotopic (exact) mass is 621 g/mol. The van der Waals surface area contributed by atoms with Gasteiger partial charge in [-0.05, 0) is 62.1 Å². The second-order valence-corrected chi connectivity index (χ2v) is 13.5. The molecule has 0 saturated carbocycles. The molecule has 0 radical (unpaired) electrons. The normalized spacial score (nSPS) is 11.7. The SMILES string of the molecule is CC(C)CN(Cc1cccc(C(=N)N)c1)C(=O)C(=O)N(CC(=O)O)c1ccc(-c2ccccc2S(=O)(=O)NC(C)(C)C)cc1. The maximum atomic E-state index is 13.6. The number of amidine groups is 1. The maximum Gasteiger partial charge on any atom is 0.323 e. The number of carbonyl (C=O) groups is 3. The number of benzene rings is 3. The van der Waals surface area contributed by atoms with Crippen molar-refractivity contribution in [1.29, 1.82) is 5.41 Å². The zero-order valence-corrected chi connectivity index (χ0v) is 26.3. The van der Waals surface area contributed by atoms with E-state index in [1.807, 2.05) is 13.8 Å². The fourth-order valence-corrected chi connectivity index (χ4v) is 6.25. The molecule has 0 aliphatic carbocycles. The van der Waals surface area contributed by atoms with Crippen molar-refractivity contribution in [3.63, 3.8) is 0 Å². The Labute approximate surface area is 258 Å². The van der Waals surface area contributed by atoms with Crippen molar-refractivity contribution in [1.82, 2.24) is 9.62 Å². The van der Waals surface area contributed by atoms with Gasteiger partial charge in [0.25, 0.3) is 0 Å². The maximum absolute atomic E-state index is 13.6. The Hall–Kier alpha value is -4.55. The van der Waals surface area contributed by atoms with Crippen LogP contribution in [0.2, 0.25) is 0 Å². The van der Waals surface area contributed by atoms with E-state index in [1.165, 1.54) is 23.1 Å². The topological polar surface area (TPSA) is 174 Å². The van der Waals surface area contributed by atoms with Gasteiger partial charge < -0.3 is 15.7 Å². The van der Waals surface area contributed by atoms with Crippen molar-refractivity contribution < 1.29 is 27.9 Å². The van der Waals surface area contributed by atoms with E-state index >= 15 is 0 Å². The number of aliphatic carboxylic acids is 1.